The lowest BCUT2D eigenvalue weighted by molar-refractivity contribution is -0.133. The Morgan fingerprint density at radius 2 is 1.00 bits per heavy atom. The largest absolute Gasteiger partial charge is 0.339 e. The monoisotopic (exact) mass is 337 g/mol. The van der Waals surface area contributed by atoms with Gasteiger partial charge in [-0.2, -0.15) is 0 Å². The predicted molar refractivity (Wildman–Crippen MR) is 81.5 cm³/mol. The number of nitrogens with zero attached hydrogens (tertiary/aromatic N) is 3. The first-order valence-corrected chi connectivity index (χ1v) is 8.05. The highest BCUT2D eigenvalue weighted by atomic mass is 35.5. The molecule has 0 aromatic carbocycles. The molecule has 1 fully saturated rings. The van der Waals surface area contributed by atoms with Crippen LogP contribution in [0.3, 0.4) is 0 Å². The first-order valence-electron chi connectivity index (χ1n) is 6.98. The maximum absolute atomic E-state index is 11.9. The molecule has 0 atom stereocenters. The number of carbonyl (C=O) groups excluding carboxylic acids is 3. The van der Waals surface area contributed by atoms with Crippen molar-refractivity contribution in [2.45, 2.75) is 13.3 Å². The number of hydrogen-bond donors (Lipinski definition) is 0. The lowest BCUT2D eigenvalue weighted by atomic mass is 10.3. The van der Waals surface area contributed by atoms with Crippen LogP contribution in [-0.4, -0.2) is 83.4 Å². The molecule has 1 saturated heterocycles. The van der Waals surface area contributed by atoms with E-state index in [1.165, 1.54) is 0 Å². The predicted octanol–water partition coefficient (Wildman–Crippen LogP) is 0.373. The van der Waals surface area contributed by atoms with Crippen LogP contribution in [0.4, 0.5) is 0 Å². The van der Waals surface area contributed by atoms with Gasteiger partial charge in [-0.25, -0.2) is 0 Å². The first kappa shape index (κ1) is 18.0. The molecule has 0 saturated carbocycles. The van der Waals surface area contributed by atoms with Gasteiger partial charge in [-0.1, -0.05) is 6.92 Å². The number of halogens is 2. The van der Waals surface area contributed by atoms with E-state index in [2.05, 4.69) is 0 Å². The van der Waals surface area contributed by atoms with Crippen molar-refractivity contribution in [3.05, 3.63) is 0 Å². The summed E-state index contributed by atoms with van der Waals surface area (Å²) >= 11 is 11.2. The SMILES string of the molecule is CCC(=O)N1CCN(C(=O)CCl)CCN(C(=O)CCl)CC1. The second-order valence-corrected chi connectivity index (χ2v) is 5.30. The summed E-state index contributed by atoms with van der Waals surface area (Å²) in [6.45, 7) is 4.37. The topological polar surface area (TPSA) is 60.9 Å². The third-order valence-corrected chi connectivity index (χ3v) is 3.97. The van der Waals surface area contributed by atoms with E-state index < -0.39 is 0 Å². The quantitative estimate of drug-likeness (QED) is 0.699. The van der Waals surface area contributed by atoms with Crippen LogP contribution in [0.2, 0.25) is 0 Å². The highest BCUT2D eigenvalue weighted by Gasteiger charge is 2.22. The minimum atomic E-state index is -0.194. The van der Waals surface area contributed by atoms with Crippen molar-refractivity contribution >= 4 is 40.9 Å². The molecule has 0 aromatic heterocycles. The highest BCUT2D eigenvalue weighted by Crippen LogP contribution is 2.04. The standard InChI is InChI=1S/C13H21Cl2N3O3/c1-2-11(19)16-3-5-17(12(20)9-14)7-8-18(6-4-16)13(21)10-15/h2-10H2,1H3. The number of hydrogen-bond acceptors (Lipinski definition) is 3. The van der Waals surface area contributed by atoms with Gasteiger partial charge >= 0.3 is 0 Å². The molecule has 6 nitrogen and oxygen atoms in total. The fourth-order valence-corrected chi connectivity index (χ4v) is 2.54. The molecule has 1 rings (SSSR count). The molecule has 0 aromatic rings. The van der Waals surface area contributed by atoms with Crippen molar-refractivity contribution in [1.29, 1.82) is 0 Å². The molecule has 0 bridgehead atoms. The maximum atomic E-state index is 11.9. The van der Waals surface area contributed by atoms with Crippen molar-refractivity contribution < 1.29 is 14.4 Å². The third-order valence-electron chi connectivity index (χ3n) is 3.51. The fraction of sp³-hybridized carbons (Fsp3) is 0.769. The van der Waals surface area contributed by atoms with Gasteiger partial charge < -0.3 is 14.7 Å². The molecule has 0 aliphatic carbocycles. The normalized spacial score (nSPS) is 17.0. The zero-order valence-corrected chi connectivity index (χ0v) is 13.7. The molecular weight excluding hydrogens is 317 g/mol. The Hall–Kier alpha value is -1.01. The van der Waals surface area contributed by atoms with Gasteiger partial charge in [0, 0.05) is 45.7 Å². The average molecular weight is 338 g/mol. The zero-order chi connectivity index (χ0) is 15.8. The first-order chi connectivity index (χ1) is 10.0. The summed E-state index contributed by atoms with van der Waals surface area (Å²) in [5.74, 6) is -0.592. The number of carbonyl (C=O) groups is 3. The summed E-state index contributed by atoms with van der Waals surface area (Å²) in [5, 5.41) is 0. The minimum Gasteiger partial charge on any atom is -0.339 e. The van der Waals surface area contributed by atoms with E-state index in [1.54, 1.807) is 21.6 Å². The summed E-state index contributed by atoms with van der Waals surface area (Å²) in [5.41, 5.74) is 0. The minimum absolute atomic E-state index is 0.00782. The Bertz CT molecular complexity index is 324. The maximum Gasteiger partial charge on any atom is 0.237 e. The van der Waals surface area contributed by atoms with Crippen molar-refractivity contribution in [1.82, 2.24) is 14.7 Å². The molecule has 3 amide bonds. The Morgan fingerprint density at radius 3 is 1.24 bits per heavy atom. The van der Waals surface area contributed by atoms with Crippen molar-refractivity contribution in [2.24, 2.45) is 0 Å². The van der Waals surface area contributed by atoms with Crippen molar-refractivity contribution in [2.75, 3.05) is 51.0 Å². The van der Waals surface area contributed by atoms with E-state index in [1.807, 2.05) is 0 Å². The van der Waals surface area contributed by atoms with Gasteiger partial charge in [0.25, 0.3) is 0 Å². The zero-order valence-electron chi connectivity index (χ0n) is 12.2. The van der Waals surface area contributed by atoms with Crippen LogP contribution < -0.4 is 0 Å². The van der Waals surface area contributed by atoms with E-state index in [-0.39, 0.29) is 29.5 Å². The van der Waals surface area contributed by atoms with Crippen LogP contribution in [0.15, 0.2) is 0 Å². The smallest absolute Gasteiger partial charge is 0.237 e. The molecule has 1 aliphatic heterocycles. The van der Waals surface area contributed by atoms with E-state index in [0.29, 0.717) is 45.7 Å². The van der Waals surface area contributed by atoms with Crippen molar-refractivity contribution in [3.8, 4) is 0 Å². The van der Waals surface area contributed by atoms with E-state index in [4.69, 9.17) is 23.2 Å². The second kappa shape index (κ2) is 9.10. The Morgan fingerprint density at radius 1 is 0.714 bits per heavy atom. The molecule has 1 heterocycles. The van der Waals surface area contributed by atoms with Crippen LogP contribution in [0, 0.1) is 0 Å². The summed E-state index contributed by atoms with van der Waals surface area (Å²) in [6.07, 6.45) is 0.396. The lowest BCUT2D eigenvalue weighted by Crippen LogP contribution is -2.42. The van der Waals surface area contributed by atoms with Gasteiger partial charge in [-0.15, -0.1) is 23.2 Å². The van der Waals surface area contributed by atoms with Crippen LogP contribution in [0.5, 0.6) is 0 Å². The molecule has 0 radical (unpaired) electrons. The molecular formula is C13H21Cl2N3O3. The third kappa shape index (κ3) is 5.36. The molecule has 120 valence electrons. The van der Waals surface area contributed by atoms with Gasteiger partial charge in [-0.3, -0.25) is 14.4 Å². The average Bonchev–Trinajstić information content (AvgIpc) is 2.62. The summed E-state index contributed by atoms with van der Waals surface area (Å²) in [7, 11) is 0. The Kier molecular flexibility index (Phi) is 7.82. The van der Waals surface area contributed by atoms with Gasteiger partial charge in [0.1, 0.15) is 11.8 Å². The van der Waals surface area contributed by atoms with Gasteiger partial charge in [0.2, 0.25) is 17.7 Å². The lowest BCUT2D eigenvalue weighted by Gasteiger charge is -2.25. The number of amides is 3. The van der Waals surface area contributed by atoms with E-state index in [0.717, 1.165) is 0 Å². The van der Waals surface area contributed by atoms with Crippen LogP contribution in [0.1, 0.15) is 13.3 Å². The Labute approximate surface area is 134 Å². The van der Waals surface area contributed by atoms with Gasteiger partial charge in [0.05, 0.1) is 0 Å². The van der Waals surface area contributed by atoms with Crippen LogP contribution in [0.25, 0.3) is 0 Å². The Balaban J connectivity index is 2.83. The number of alkyl halides is 2. The van der Waals surface area contributed by atoms with Gasteiger partial charge in [0.15, 0.2) is 0 Å². The van der Waals surface area contributed by atoms with Crippen LogP contribution in [-0.2, 0) is 14.4 Å². The molecule has 21 heavy (non-hydrogen) atoms. The summed E-state index contributed by atoms with van der Waals surface area (Å²) in [6, 6.07) is 0. The fourth-order valence-electron chi connectivity index (χ4n) is 2.20. The molecule has 0 unspecified atom stereocenters. The summed E-state index contributed by atoms with van der Waals surface area (Å²) < 4.78 is 0. The van der Waals surface area contributed by atoms with E-state index in [9.17, 15) is 14.4 Å². The molecule has 0 N–H and O–H groups in total. The summed E-state index contributed by atoms with van der Waals surface area (Å²) in [4.78, 5) is 40.3. The molecule has 1 aliphatic rings. The second-order valence-electron chi connectivity index (χ2n) is 4.76. The van der Waals surface area contributed by atoms with Crippen molar-refractivity contribution in [3.63, 3.8) is 0 Å². The number of rotatable bonds is 3. The van der Waals surface area contributed by atoms with Crippen LogP contribution >= 0.6 is 23.2 Å². The molecule has 0 spiro atoms. The van der Waals surface area contributed by atoms with E-state index >= 15 is 0 Å². The van der Waals surface area contributed by atoms with Gasteiger partial charge in [-0.05, 0) is 0 Å². The highest BCUT2D eigenvalue weighted by molar-refractivity contribution is 6.27. The molecule has 8 heteroatoms.